The number of carbonyl (C=O) groups excluding carboxylic acids is 2. The summed E-state index contributed by atoms with van der Waals surface area (Å²) in [7, 11) is 0. The topological polar surface area (TPSA) is 178 Å². The van der Waals surface area contributed by atoms with Crippen LogP contribution >= 0.6 is 0 Å². The van der Waals surface area contributed by atoms with Crippen molar-refractivity contribution < 1.29 is 24.5 Å². The van der Waals surface area contributed by atoms with Gasteiger partial charge >= 0.3 is 0 Å². The number of benzene rings is 2. The molecule has 1 aliphatic rings. The highest BCUT2D eigenvalue weighted by molar-refractivity contribution is 6.08. The first-order valence-corrected chi connectivity index (χ1v) is 12.6. The highest BCUT2D eigenvalue weighted by atomic mass is 16.6. The van der Waals surface area contributed by atoms with Crippen LogP contribution in [0.15, 0.2) is 60.9 Å². The first-order valence-electron chi connectivity index (χ1n) is 12.6. The smallest absolute Gasteiger partial charge is 0.252 e. The minimum absolute atomic E-state index is 0.0322. The number of anilines is 2. The average molecular weight is 532 g/mol. The number of likely N-dealkylation sites (N-methyl/N-ethyl adjacent to an activating group) is 1. The summed E-state index contributed by atoms with van der Waals surface area (Å²) in [6, 6.07) is 16.5. The molecule has 1 fully saturated rings. The Hall–Kier alpha value is -4.39. The van der Waals surface area contributed by atoms with Crippen molar-refractivity contribution in [3.63, 3.8) is 0 Å². The molecule has 0 spiro atoms. The Morgan fingerprint density at radius 2 is 1.74 bits per heavy atom. The number of fused-ring (bicyclic) bond motifs is 1. The third-order valence-corrected chi connectivity index (χ3v) is 6.52. The number of nitrogens with one attached hydrogen (secondary N) is 2. The third-order valence-electron chi connectivity index (χ3n) is 6.52. The van der Waals surface area contributed by atoms with Crippen LogP contribution in [0, 0.1) is 0 Å². The van der Waals surface area contributed by atoms with E-state index in [0.29, 0.717) is 36.2 Å². The molecule has 12 nitrogen and oxygen atoms in total. The van der Waals surface area contributed by atoms with Gasteiger partial charge in [-0.2, -0.15) is 9.97 Å². The lowest BCUT2D eigenvalue weighted by Crippen LogP contribution is -2.42. The maximum absolute atomic E-state index is 12.6. The number of aromatic nitrogens is 4. The average Bonchev–Trinajstić information content (AvgIpc) is 3.50. The molecule has 1 amide bonds. The number of ether oxygens (including phenoxy) is 1. The molecular formula is C27H29N7O5. The zero-order valence-electron chi connectivity index (χ0n) is 21.2. The highest BCUT2D eigenvalue weighted by Crippen LogP contribution is 2.32. The second-order valence-electron chi connectivity index (χ2n) is 9.15. The molecule has 0 aliphatic carbocycles. The molecule has 4 atom stereocenters. The van der Waals surface area contributed by atoms with Crippen LogP contribution in [0.3, 0.4) is 0 Å². The van der Waals surface area contributed by atoms with Gasteiger partial charge in [0, 0.05) is 24.2 Å². The maximum Gasteiger partial charge on any atom is 0.252 e. The highest BCUT2D eigenvalue weighted by Gasteiger charge is 2.47. The van der Waals surface area contributed by atoms with Crippen molar-refractivity contribution in [1.29, 1.82) is 0 Å². The fourth-order valence-electron chi connectivity index (χ4n) is 4.48. The van der Waals surface area contributed by atoms with Crippen LogP contribution in [0.1, 0.15) is 34.6 Å². The molecule has 0 saturated carbocycles. The number of ketones is 1. The number of imidazole rings is 1. The number of amides is 1. The summed E-state index contributed by atoms with van der Waals surface area (Å²) < 4.78 is 7.12. The molecule has 0 bridgehead atoms. The van der Waals surface area contributed by atoms with E-state index in [2.05, 4.69) is 25.6 Å². The van der Waals surface area contributed by atoms with Crippen molar-refractivity contribution in [2.45, 2.75) is 37.9 Å². The molecule has 3 heterocycles. The molecular weight excluding hydrogens is 502 g/mol. The molecule has 4 aromatic rings. The fourth-order valence-corrected chi connectivity index (χ4v) is 4.48. The van der Waals surface area contributed by atoms with Crippen molar-refractivity contribution in [2.24, 2.45) is 0 Å². The minimum atomic E-state index is -1.43. The van der Waals surface area contributed by atoms with E-state index >= 15 is 0 Å². The lowest BCUT2D eigenvalue weighted by atomic mass is 10.0. The fraction of sp³-hybridized carbons (Fsp3) is 0.296. The van der Waals surface area contributed by atoms with Crippen LogP contribution in [0.2, 0.25) is 0 Å². The summed E-state index contributed by atoms with van der Waals surface area (Å²) >= 11 is 0. The number of hydrogen-bond acceptors (Lipinski definition) is 10. The van der Waals surface area contributed by atoms with Gasteiger partial charge in [0.15, 0.2) is 29.6 Å². The molecule has 1 aliphatic heterocycles. The lowest BCUT2D eigenvalue weighted by Gasteiger charge is -2.16. The van der Waals surface area contributed by atoms with Crippen molar-refractivity contribution >= 4 is 34.6 Å². The van der Waals surface area contributed by atoms with E-state index in [0.717, 1.165) is 5.56 Å². The molecule has 202 valence electrons. The van der Waals surface area contributed by atoms with Crippen LogP contribution < -0.4 is 16.4 Å². The first kappa shape index (κ1) is 26.2. The van der Waals surface area contributed by atoms with E-state index in [9.17, 15) is 19.8 Å². The van der Waals surface area contributed by atoms with E-state index in [1.54, 1.807) is 31.2 Å². The Labute approximate surface area is 223 Å². The molecule has 2 aromatic heterocycles. The van der Waals surface area contributed by atoms with Gasteiger partial charge in [-0.05, 0) is 18.9 Å². The summed E-state index contributed by atoms with van der Waals surface area (Å²) in [6.07, 6.45) is -3.15. The van der Waals surface area contributed by atoms with Crippen molar-refractivity contribution in [2.75, 3.05) is 24.1 Å². The summed E-state index contributed by atoms with van der Waals surface area (Å²) in [5, 5.41) is 26.7. The van der Waals surface area contributed by atoms with Crippen LogP contribution in [0.4, 0.5) is 11.8 Å². The van der Waals surface area contributed by atoms with Crippen molar-refractivity contribution in [1.82, 2.24) is 24.8 Å². The van der Waals surface area contributed by atoms with Gasteiger partial charge in [-0.3, -0.25) is 14.2 Å². The Morgan fingerprint density at radius 3 is 2.46 bits per heavy atom. The first-order chi connectivity index (χ1) is 18.9. The Kier molecular flexibility index (Phi) is 7.50. The largest absolute Gasteiger partial charge is 0.387 e. The van der Waals surface area contributed by atoms with E-state index in [4.69, 9.17) is 10.5 Å². The summed E-state index contributed by atoms with van der Waals surface area (Å²) in [5.41, 5.74) is 8.95. The van der Waals surface area contributed by atoms with E-state index < -0.39 is 30.4 Å². The molecule has 5 rings (SSSR count). The van der Waals surface area contributed by atoms with Gasteiger partial charge in [-0.1, -0.05) is 54.6 Å². The Balaban J connectivity index is 1.27. The summed E-state index contributed by atoms with van der Waals surface area (Å²) in [6.45, 7) is 2.58. The second kappa shape index (κ2) is 11.2. The van der Waals surface area contributed by atoms with Gasteiger partial charge in [0.25, 0.3) is 5.91 Å². The Morgan fingerprint density at radius 1 is 1.03 bits per heavy atom. The third kappa shape index (κ3) is 5.30. The summed E-state index contributed by atoms with van der Waals surface area (Å²) in [4.78, 5) is 37.8. The normalized spacial score (nSPS) is 20.7. The predicted molar refractivity (Wildman–Crippen MR) is 143 cm³/mol. The van der Waals surface area contributed by atoms with Crippen LogP contribution in [-0.2, 0) is 16.0 Å². The van der Waals surface area contributed by atoms with Crippen molar-refractivity contribution in [3.8, 4) is 0 Å². The number of aliphatic hydroxyl groups is 2. The zero-order valence-corrected chi connectivity index (χ0v) is 21.2. The van der Waals surface area contributed by atoms with E-state index in [1.807, 2.05) is 30.3 Å². The van der Waals surface area contributed by atoms with Gasteiger partial charge in [-0.15, -0.1) is 0 Å². The molecule has 1 saturated heterocycles. The number of nitrogens with two attached hydrogens (primary N) is 1. The number of nitrogens with zero attached hydrogens (tertiary/aromatic N) is 4. The van der Waals surface area contributed by atoms with Gasteiger partial charge in [-0.25, -0.2) is 4.98 Å². The standard InChI is InChI=1S/C27H29N7O5/c1-2-29-25(38)22-20(36)21(37)26(39-22)34-14-31-18-23(28)32-27(33-24(18)34)30-13-12-15-8-10-17(11-9-15)19(35)16-6-4-3-5-7-16/h3-11,14,20-22,26,36-37H,2,12-13H2,1H3,(H,29,38)(H3,28,30,32,33)/t20-,21+,22-,26+/m0/s1. The second-order valence-corrected chi connectivity index (χ2v) is 9.15. The molecule has 2 aromatic carbocycles. The van der Waals surface area contributed by atoms with Gasteiger partial charge in [0.05, 0.1) is 6.33 Å². The van der Waals surface area contributed by atoms with Crippen molar-refractivity contribution in [3.05, 3.63) is 77.6 Å². The quantitative estimate of drug-likeness (QED) is 0.196. The number of hydrogen-bond donors (Lipinski definition) is 5. The van der Waals surface area contributed by atoms with Gasteiger partial charge in [0.1, 0.15) is 17.7 Å². The molecule has 39 heavy (non-hydrogen) atoms. The number of rotatable bonds is 9. The number of nitrogen functional groups attached to an aromatic ring is 1. The zero-order chi connectivity index (χ0) is 27.5. The SMILES string of the molecule is CCNC(=O)[C@H]1O[C@@H](n2cnc3c(N)nc(NCCc4ccc(C(=O)c5ccccc5)cc4)nc32)[C@H](O)[C@@H]1O. The molecule has 12 heteroatoms. The van der Waals surface area contributed by atoms with Crippen LogP contribution in [0.25, 0.3) is 11.2 Å². The Bertz CT molecular complexity index is 1480. The number of aliphatic hydroxyl groups excluding tert-OH is 2. The van der Waals surface area contributed by atoms with E-state index in [1.165, 1.54) is 10.9 Å². The molecule has 0 unspecified atom stereocenters. The maximum atomic E-state index is 12.6. The van der Waals surface area contributed by atoms with Crippen LogP contribution in [-0.4, -0.2) is 72.8 Å². The lowest BCUT2D eigenvalue weighted by molar-refractivity contribution is -0.137. The number of carbonyl (C=O) groups is 2. The minimum Gasteiger partial charge on any atom is -0.387 e. The predicted octanol–water partition coefficient (Wildman–Crippen LogP) is 1.05. The molecule has 0 radical (unpaired) electrons. The summed E-state index contributed by atoms with van der Waals surface area (Å²) in [5.74, 6) is -0.190. The van der Waals surface area contributed by atoms with Gasteiger partial charge in [0.2, 0.25) is 5.95 Å². The van der Waals surface area contributed by atoms with E-state index in [-0.39, 0.29) is 23.2 Å². The van der Waals surface area contributed by atoms with Gasteiger partial charge < -0.3 is 31.3 Å². The monoisotopic (exact) mass is 531 g/mol. The molecule has 6 N–H and O–H groups in total. The van der Waals surface area contributed by atoms with Crippen LogP contribution in [0.5, 0.6) is 0 Å².